The van der Waals surface area contributed by atoms with E-state index < -0.39 is 36.8 Å². The van der Waals surface area contributed by atoms with Gasteiger partial charge in [-0.05, 0) is 0 Å². The SMILES string of the molecule is CO[C@@H]1O[C@H]2[C@@H](O)[C@H](O[C@H]2CO)[C@@H]1O. The van der Waals surface area contributed by atoms with Crippen LogP contribution in [0.3, 0.4) is 0 Å². The third kappa shape index (κ3) is 1.35. The van der Waals surface area contributed by atoms with E-state index in [1.807, 2.05) is 0 Å². The van der Waals surface area contributed by atoms with Crippen molar-refractivity contribution in [2.75, 3.05) is 13.7 Å². The van der Waals surface area contributed by atoms with Crippen LogP contribution in [0.5, 0.6) is 0 Å². The minimum absolute atomic E-state index is 0.249. The lowest BCUT2D eigenvalue weighted by atomic mass is 10.0. The van der Waals surface area contributed by atoms with E-state index in [2.05, 4.69) is 0 Å². The quantitative estimate of drug-likeness (QED) is 0.477. The van der Waals surface area contributed by atoms with Gasteiger partial charge >= 0.3 is 0 Å². The van der Waals surface area contributed by atoms with E-state index in [4.69, 9.17) is 19.3 Å². The highest BCUT2D eigenvalue weighted by Gasteiger charge is 2.54. The molecule has 82 valence electrons. The van der Waals surface area contributed by atoms with Crippen LogP contribution in [0.4, 0.5) is 0 Å². The van der Waals surface area contributed by atoms with Crippen molar-refractivity contribution in [1.29, 1.82) is 0 Å². The molecule has 0 unspecified atom stereocenters. The number of hydrogen-bond donors (Lipinski definition) is 3. The summed E-state index contributed by atoms with van der Waals surface area (Å²) in [5, 5.41) is 28.2. The normalized spacial score (nSPS) is 52.3. The summed E-state index contributed by atoms with van der Waals surface area (Å²) < 4.78 is 15.4. The molecule has 0 aromatic carbocycles. The Balaban J connectivity index is 2.15. The van der Waals surface area contributed by atoms with Gasteiger partial charge in [0.05, 0.1) is 6.61 Å². The topological polar surface area (TPSA) is 88.4 Å². The van der Waals surface area contributed by atoms with Crippen LogP contribution < -0.4 is 0 Å². The first-order valence-corrected chi connectivity index (χ1v) is 4.49. The summed E-state index contributed by atoms with van der Waals surface area (Å²) in [4.78, 5) is 0. The molecule has 6 nitrogen and oxygen atoms in total. The minimum Gasteiger partial charge on any atom is -0.394 e. The van der Waals surface area contributed by atoms with E-state index in [1.54, 1.807) is 0 Å². The number of rotatable bonds is 2. The number of hydrogen-bond acceptors (Lipinski definition) is 6. The Morgan fingerprint density at radius 1 is 1.14 bits per heavy atom. The molecule has 2 saturated heterocycles. The van der Waals surface area contributed by atoms with Crippen LogP contribution in [0.15, 0.2) is 0 Å². The van der Waals surface area contributed by atoms with Gasteiger partial charge in [0.2, 0.25) is 0 Å². The summed E-state index contributed by atoms with van der Waals surface area (Å²) in [6.07, 6.45) is -4.69. The van der Waals surface area contributed by atoms with Crippen LogP contribution in [0.2, 0.25) is 0 Å². The summed E-state index contributed by atoms with van der Waals surface area (Å²) >= 11 is 0. The molecule has 6 atom stereocenters. The molecule has 0 aromatic rings. The third-order valence-corrected chi connectivity index (χ3v) is 2.69. The van der Waals surface area contributed by atoms with Crippen LogP contribution in [0.25, 0.3) is 0 Å². The highest BCUT2D eigenvalue weighted by molar-refractivity contribution is 4.99. The molecule has 0 amide bonds. The predicted octanol–water partition coefficient (Wildman–Crippen LogP) is -2.16. The molecule has 2 aliphatic rings. The molecular weight excluding hydrogens is 192 g/mol. The fraction of sp³-hybridized carbons (Fsp3) is 1.00. The van der Waals surface area contributed by atoms with E-state index in [1.165, 1.54) is 7.11 Å². The van der Waals surface area contributed by atoms with Gasteiger partial charge in [-0.25, -0.2) is 0 Å². The lowest BCUT2D eigenvalue weighted by molar-refractivity contribution is -0.254. The molecule has 2 fully saturated rings. The summed E-state index contributed by atoms with van der Waals surface area (Å²) in [6.45, 7) is -0.249. The molecule has 6 heteroatoms. The molecule has 0 spiro atoms. The molecule has 0 radical (unpaired) electrons. The predicted molar refractivity (Wildman–Crippen MR) is 43.4 cm³/mol. The first-order valence-electron chi connectivity index (χ1n) is 4.49. The highest BCUT2D eigenvalue weighted by Crippen LogP contribution is 2.33. The van der Waals surface area contributed by atoms with Crippen molar-refractivity contribution < 1.29 is 29.5 Å². The zero-order valence-electron chi connectivity index (χ0n) is 7.74. The van der Waals surface area contributed by atoms with Crippen LogP contribution in [-0.2, 0) is 14.2 Å². The van der Waals surface area contributed by atoms with Gasteiger partial charge in [-0.1, -0.05) is 0 Å². The van der Waals surface area contributed by atoms with E-state index >= 15 is 0 Å². The average Bonchev–Trinajstić information content (AvgIpc) is 2.41. The van der Waals surface area contributed by atoms with Crippen LogP contribution in [0.1, 0.15) is 0 Å². The van der Waals surface area contributed by atoms with Crippen molar-refractivity contribution in [3.8, 4) is 0 Å². The Morgan fingerprint density at radius 3 is 2.43 bits per heavy atom. The smallest absolute Gasteiger partial charge is 0.186 e. The summed E-state index contributed by atoms with van der Waals surface area (Å²) in [6, 6.07) is 0. The van der Waals surface area contributed by atoms with Crippen molar-refractivity contribution in [2.45, 2.75) is 36.8 Å². The van der Waals surface area contributed by atoms with Crippen LogP contribution in [0, 0.1) is 0 Å². The second-order valence-electron chi connectivity index (χ2n) is 3.51. The second kappa shape index (κ2) is 3.73. The fourth-order valence-corrected chi connectivity index (χ4v) is 1.95. The van der Waals surface area contributed by atoms with Crippen molar-refractivity contribution in [3.63, 3.8) is 0 Å². The zero-order chi connectivity index (χ0) is 10.3. The Morgan fingerprint density at radius 2 is 1.86 bits per heavy atom. The first kappa shape index (κ1) is 10.3. The minimum atomic E-state index is -1.03. The average molecular weight is 206 g/mol. The molecule has 0 aliphatic carbocycles. The molecule has 2 rings (SSSR count). The van der Waals surface area contributed by atoms with Crippen molar-refractivity contribution in [1.82, 2.24) is 0 Å². The van der Waals surface area contributed by atoms with Gasteiger partial charge in [0, 0.05) is 7.11 Å². The molecular formula is C8H14O6. The largest absolute Gasteiger partial charge is 0.394 e. The molecule has 14 heavy (non-hydrogen) atoms. The van der Waals surface area contributed by atoms with Crippen molar-refractivity contribution >= 4 is 0 Å². The molecule has 0 aromatic heterocycles. The van der Waals surface area contributed by atoms with E-state index in [-0.39, 0.29) is 6.61 Å². The lowest BCUT2D eigenvalue weighted by Crippen LogP contribution is -2.54. The third-order valence-electron chi connectivity index (χ3n) is 2.69. The van der Waals surface area contributed by atoms with Gasteiger partial charge in [0.1, 0.15) is 30.5 Å². The molecule has 2 heterocycles. The number of ether oxygens (including phenoxy) is 3. The van der Waals surface area contributed by atoms with Crippen molar-refractivity contribution in [2.24, 2.45) is 0 Å². The fourth-order valence-electron chi connectivity index (χ4n) is 1.95. The lowest BCUT2D eigenvalue weighted by Gasteiger charge is -2.34. The number of aliphatic hydroxyl groups excluding tert-OH is 3. The number of aliphatic hydroxyl groups is 3. The summed E-state index contributed by atoms with van der Waals surface area (Å²) in [7, 11) is 1.40. The van der Waals surface area contributed by atoms with Gasteiger partial charge in [-0.2, -0.15) is 0 Å². The zero-order valence-corrected chi connectivity index (χ0v) is 7.74. The molecule has 2 aliphatic heterocycles. The van der Waals surface area contributed by atoms with Crippen LogP contribution in [-0.4, -0.2) is 65.8 Å². The Kier molecular flexibility index (Phi) is 2.74. The Bertz CT molecular complexity index is 204. The van der Waals surface area contributed by atoms with E-state index in [0.717, 1.165) is 0 Å². The first-order chi connectivity index (χ1) is 6.69. The second-order valence-corrected chi connectivity index (χ2v) is 3.51. The Labute approximate surface area is 81.0 Å². The molecule has 2 bridgehead atoms. The maximum Gasteiger partial charge on any atom is 0.186 e. The monoisotopic (exact) mass is 206 g/mol. The maximum atomic E-state index is 9.62. The van der Waals surface area contributed by atoms with Gasteiger partial charge in [-0.15, -0.1) is 0 Å². The van der Waals surface area contributed by atoms with Gasteiger partial charge < -0.3 is 29.5 Å². The number of fused-ring (bicyclic) bond motifs is 2. The van der Waals surface area contributed by atoms with E-state index in [9.17, 15) is 10.2 Å². The van der Waals surface area contributed by atoms with Crippen molar-refractivity contribution in [3.05, 3.63) is 0 Å². The van der Waals surface area contributed by atoms with Gasteiger partial charge in [0.25, 0.3) is 0 Å². The Hall–Kier alpha value is -0.240. The summed E-state index contributed by atoms with van der Waals surface area (Å²) in [5.41, 5.74) is 0. The summed E-state index contributed by atoms with van der Waals surface area (Å²) in [5.74, 6) is 0. The van der Waals surface area contributed by atoms with Gasteiger partial charge in [-0.3, -0.25) is 0 Å². The van der Waals surface area contributed by atoms with Gasteiger partial charge in [0.15, 0.2) is 6.29 Å². The molecule has 3 N–H and O–H groups in total. The van der Waals surface area contributed by atoms with E-state index in [0.29, 0.717) is 0 Å². The van der Waals surface area contributed by atoms with Crippen LogP contribution >= 0.6 is 0 Å². The highest BCUT2D eigenvalue weighted by atomic mass is 16.7. The standard InChI is InChI=1S/C8H14O6/c1-12-8-5(11)7-4(10)6(14-8)3(2-9)13-7/h3-11H,2H2,1H3/t3-,4+,5-,6+,7-,8+/m0/s1. The molecule has 0 saturated carbocycles. The number of methoxy groups -OCH3 is 1. The maximum absolute atomic E-state index is 9.62.